The summed E-state index contributed by atoms with van der Waals surface area (Å²) in [5, 5.41) is 12.6. The average molecular weight is 288 g/mol. The van der Waals surface area contributed by atoms with Crippen LogP contribution in [0, 0.1) is 6.92 Å². The zero-order valence-corrected chi connectivity index (χ0v) is 11.7. The third kappa shape index (κ3) is 3.87. The maximum absolute atomic E-state index is 11.7. The lowest BCUT2D eigenvalue weighted by molar-refractivity contribution is -0.111. The van der Waals surface area contributed by atoms with Crippen LogP contribution in [0.3, 0.4) is 0 Å². The van der Waals surface area contributed by atoms with E-state index in [0.717, 1.165) is 11.1 Å². The number of rotatable bonds is 3. The molecule has 0 radical (unpaired) electrons. The van der Waals surface area contributed by atoms with Crippen molar-refractivity contribution in [2.24, 2.45) is 0 Å². The standard InChI is InChI=1S/C16H14ClNO2/c1-11-5-6-12(9-15(11)17)7-8-16(20)18-13-3-2-4-14(19)10-13/h2-10,19H,1H3,(H,18,20)/b8-7+. The first-order valence-electron chi connectivity index (χ1n) is 6.09. The number of aromatic hydroxyl groups is 1. The van der Waals surface area contributed by atoms with E-state index in [2.05, 4.69) is 5.32 Å². The fourth-order valence-corrected chi connectivity index (χ4v) is 1.84. The fraction of sp³-hybridized carbons (Fsp3) is 0.0625. The molecule has 1 amide bonds. The molecule has 4 heteroatoms. The van der Waals surface area contributed by atoms with Gasteiger partial charge in [0, 0.05) is 22.9 Å². The van der Waals surface area contributed by atoms with Crippen molar-refractivity contribution in [3.63, 3.8) is 0 Å². The van der Waals surface area contributed by atoms with Crippen LogP contribution in [-0.2, 0) is 4.79 Å². The van der Waals surface area contributed by atoms with Crippen molar-refractivity contribution < 1.29 is 9.90 Å². The monoisotopic (exact) mass is 287 g/mol. The molecule has 0 spiro atoms. The summed E-state index contributed by atoms with van der Waals surface area (Å²) in [5.41, 5.74) is 2.39. The number of phenols is 1. The molecule has 0 heterocycles. The van der Waals surface area contributed by atoms with Gasteiger partial charge in [-0.3, -0.25) is 4.79 Å². The predicted octanol–water partition coefficient (Wildman–Crippen LogP) is 4.01. The van der Waals surface area contributed by atoms with Crippen LogP contribution in [-0.4, -0.2) is 11.0 Å². The molecular weight excluding hydrogens is 274 g/mol. The van der Waals surface area contributed by atoms with Crippen LogP contribution < -0.4 is 5.32 Å². The highest BCUT2D eigenvalue weighted by Gasteiger charge is 1.99. The highest BCUT2D eigenvalue weighted by molar-refractivity contribution is 6.31. The van der Waals surface area contributed by atoms with Gasteiger partial charge < -0.3 is 10.4 Å². The number of benzene rings is 2. The molecule has 0 aliphatic heterocycles. The topological polar surface area (TPSA) is 49.3 Å². The number of phenolic OH excluding ortho intramolecular Hbond substituents is 1. The Bertz CT molecular complexity index is 665. The van der Waals surface area contributed by atoms with E-state index in [0.29, 0.717) is 10.7 Å². The van der Waals surface area contributed by atoms with E-state index in [1.807, 2.05) is 19.1 Å². The van der Waals surface area contributed by atoms with Gasteiger partial charge in [0.05, 0.1) is 0 Å². The average Bonchev–Trinajstić information content (AvgIpc) is 2.40. The number of carbonyl (C=O) groups is 1. The van der Waals surface area contributed by atoms with E-state index in [1.54, 1.807) is 30.3 Å². The normalized spacial score (nSPS) is 10.7. The lowest BCUT2D eigenvalue weighted by Gasteiger charge is -2.02. The van der Waals surface area contributed by atoms with Crippen molar-refractivity contribution >= 4 is 29.3 Å². The summed E-state index contributed by atoms with van der Waals surface area (Å²) in [5.74, 6) is -0.163. The van der Waals surface area contributed by atoms with Gasteiger partial charge in [0.15, 0.2) is 0 Å². The van der Waals surface area contributed by atoms with Crippen LogP contribution in [0.5, 0.6) is 5.75 Å². The zero-order valence-electron chi connectivity index (χ0n) is 10.9. The first-order chi connectivity index (χ1) is 9.54. The molecule has 0 bridgehead atoms. The highest BCUT2D eigenvalue weighted by Crippen LogP contribution is 2.18. The second kappa shape index (κ2) is 6.26. The number of halogens is 1. The van der Waals surface area contributed by atoms with Gasteiger partial charge in [-0.2, -0.15) is 0 Å². The summed E-state index contributed by atoms with van der Waals surface area (Å²) in [4.78, 5) is 11.7. The van der Waals surface area contributed by atoms with Crippen molar-refractivity contribution in [2.45, 2.75) is 6.92 Å². The molecule has 0 saturated heterocycles. The molecule has 3 nitrogen and oxygen atoms in total. The third-order valence-corrected chi connectivity index (χ3v) is 3.14. The Labute approximate surface area is 122 Å². The van der Waals surface area contributed by atoms with Crippen LogP contribution in [0.15, 0.2) is 48.5 Å². The Hall–Kier alpha value is -2.26. The summed E-state index contributed by atoms with van der Waals surface area (Å²) in [6.07, 6.45) is 3.11. The molecule has 0 aliphatic carbocycles. The molecule has 2 aromatic carbocycles. The lowest BCUT2D eigenvalue weighted by Crippen LogP contribution is -2.07. The van der Waals surface area contributed by atoms with Gasteiger partial charge in [-0.05, 0) is 42.3 Å². The Morgan fingerprint density at radius 2 is 2.05 bits per heavy atom. The van der Waals surface area contributed by atoms with Gasteiger partial charge in [0.1, 0.15) is 5.75 Å². The predicted molar refractivity (Wildman–Crippen MR) is 82.0 cm³/mol. The van der Waals surface area contributed by atoms with Crippen molar-refractivity contribution in [2.75, 3.05) is 5.32 Å². The van der Waals surface area contributed by atoms with Gasteiger partial charge in [-0.1, -0.05) is 29.8 Å². The molecule has 0 atom stereocenters. The van der Waals surface area contributed by atoms with Gasteiger partial charge in [0.25, 0.3) is 0 Å². The maximum Gasteiger partial charge on any atom is 0.248 e. The van der Waals surface area contributed by atoms with E-state index >= 15 is 0 Å². The minimum Gasteiger partial charge on any atom is -0.508 e. The number of hydrogen-bond donors (Lipinski definition) is 2. The number of amides is 1. The third-order valence-electron chi connectivity index (χ3n) is 2.74. The van der Waals surface area contributed by atoms with Gasteiger partial charge >= 0.3 is 0 Å². The Kier molecular flexibility index (Phi) is 4.43. The van der Waals surface area contributed by atoms with Gasteiger partial charge in [-0.25, -0.2) is 0 Å². The molecule has 0 aliphatic rings. The number of nitrogens with one attached hydrogen (secondary N) is 1. The zero-order chi connectivity index (χ0) is 14.5. The van der Waals surface area contributed by atoms with Crippen LogP contribution >= 0.6 is 11.6 Å². The van der Waals surface area contributed by atoms with Crippen molar-refractivity contribution in [1.82, 2.24) is 0 Å². The molecule has 0 aromatic heterocycles. The van der Waals surface area contributed by atoms with Crippen LogP contribution in [0.25, 0.3) is 6.08 Å². The number of carbonyl (C=O) groups excluding carboxylic acids is 1. The molecule has 2 aromatic rings. The van der Waals surface area contributed by atoms with Crippen molar-refractivity contribution in [3.05, 3.63) is 64.7 Å². The molecular formula is C16H14ClNO2. The summed E-state index contributed by atoms with van der Waals surface area (Å²) in [6, 6.07) is 12.0. The Balaban J connectivity index is 2.03. The molecule has 20 heavy (non-hydrogen) atoms. The number of hydrogen-bond acceptors (Lipinski definition) is 2. The molecule has 2 rings (SSSR count). The highest BCUT2D eigenvalue weighted by atomic mass is 35.5. The minimum atomic E-state index is -0.271. The largest absolute Gasteiger partial charge is 0.508 e. The SMILES string of the molecule is Cc1ccc(/C=C/C(=O)Nc2cccc(O)c2)cc1Cl. The summed E-state index contributed by atoms with van der Waals surface area (Å²) in [6.45, 7) is 1.92. The van der Waals surface area contributed by atoms with Crippen molar-refractivity contribution in [3.8, 4) is 5.75 Å². The smallest absolute Gasteiger partial charge is 0.248 e. The van der Waals surface area contributed by atoms with E-state index in [9.17, 15) is 9.90 Å². The molecule has 0 saturated carbocycles. The Morgan fingerprint density at radius 1 is 1.25 bits per heavy atom. The van der Waals surface area contributed by atoms with Crippen molar-refractivity contribution in [1.29, 1.82) is 0 Å². The maximum atomic E-state index is 11.7. The number of anilines is 1. The Morgan fingerprint density at radius 3 is 2.75 bits per heavy atom. The van der Waals surface area contributed by atoms with E-state index in [1.165, 1.54) is 12.1 Å². The van der Waals surface area contributed by atoms with Crippen LogP contribution in [0.4, 0.5) is 5.69 Å². The lowest BCUT2D eigenvalue weighted by atomic mass is 10.1. The van der Waals surface area contributed by atoms with E-state index in [-0.39, 0.29) is 11.7 Å². The van der Waals surface area contributed by atoms with Gasteiger partial charge in [-0.15, -0.1) is 0 Å². The second-order valence-corrected chi connectivity index (χ2v) is 4.79. The molecule has 2 N–H and O–H groups in total. The number of aryl methyl sites for hydroxylation is 1. The van der Waals surface area contributed by atoms with Crippen LogP contribution in [0.1, 0.15) is 11.1 Å². The molecule has 0 fully saturated rings. The first kappa shape index (κ1) is 14.2. The summed E-state index contributed by atoms with van der Waals surface area (Å²) in [7, 11) is 0. The van der Waals surface area contributed by atoms with Gasteiger partial charge in [0.2, 0.25) is 5.91 Å². The van der Waals surface area contributed by atoms with E-state index in [4.69, 9.17) is 11.6 Å². The summed E-state index contributed by atoms with van der Waals surface area (Å²) >= 11 is 6.01. The summed E-state index contributed by atoms with van der Waals surface area (Å²) < 4.78 is 0. The van der Waals surface area contributed by atoms with E-state index < -0.39 is 0 Å². The van der Waals surface area contributed by atoms with Crippen LogP contribution in [0.2, 0.25) is 5.02 Å². The fourth-order valence-electron chi connectivity index (χ4n) is 1.65. The second-order valence-electron chi connectivity index (χ2n) is 4.38. The minimum absolute atomic E-state index is 0.108. The quantitative estimate of drug-likeness (QED) is 0.838. The molecule has 0 unspecified atom stereocenters. The first-order valence-corrected chi connectivity index (χ1v) is 6.46. The molecule has 102 valence electrons.